The molecule has 0 unspecified atom stereocenters. The number of hydrogen-bond acceptors (Lipinski definition) is 4. The summed E-state index contributed by atoms with van der Waals surface area (Å²) in [5, 5.41) is 5.38. The first-order valence-electron chi connectivity index (χ1n) is 7.30. The Bertz CT molecular complexity index is 713. The van der Waals surface area contributed by atoms with Gasteiger partial charge in [0.15, 0.2) is 11.5 Å². The number of carbonyl (C=O) groups is 1. The van der Waals surface area contributed by atoms with Crippen LogP contribution in [0.1, 0.15) is 10.4 Å². The maximum absolute atomic E-state index is 11.8. The van der Waals surface area contributed by atoms with Crippen LogP contribution >= 0.6 is 22.9 Å². The topological polar surface area (TPSA) is 47.6 Å². The highest BCUT2D eigenvalue weighted by molar-refractivity contribution is 7.09. The lowest BCUT2D eigenvalue weighted by Gasteiger charge is -2.19. The van der Waals surface area contributed by atoms with Gasteiger partial charge in [-0.1, -0.05) is 17.7 Å². The Balaban J connectivity index is 1.56. The van der Waals surface area contributed by atoms with E-state index in [1.807, 2.05) is 17.5 Å². The third-order valence-electron chi connectivity index (χ3n) is 3.30. The number of amides is 1. The van der Waals surface area contributed by atoms with Gasteiger partial charge < -0.3 is 14.8 Å². The Hall–Kier alpha value is -1.98. The highest BCUT2D eigenvalue weighted by Crippen LogP contribution is 2.38. The number of nitrogens with one attached hydrogen (secondary N) is 1. The first-order valence-corrected chi connectivity index (χ1v) is 8.55. The van der Waals surface area contributed by atoms with Crippen molar-refractivity contribution in [2.75, 3.05) is 19.8 Å². The van der Waals surface area contributed by atoms with E-state index in [4.69, 9.17) is 21.1 Å². The van der Waals surface area contributed by atoms with Crippen molar-refractivity contribution in [2.45, 2.75) is 6.42 Å². The predicted molar refractivity (Wildman–Crippen MR) is 92.5 cm³/mol. The summed E-state index contributed by atoms with van der Waals surface area (Å²) >= 11 is 7.85. The molecule has 3 rings (SSSR count). The molecule has 120 valence electrons. The van der Waals surface area contributed by atoms with Crippen LogP contribution in [0.25, 0.3) is 6.08 Å². The van der Waals surface area contributed by atoms with Gasteiger partial charge in [-0.3, -0.25) is 4.79 Å². The molecule has 2 heterocycles. The van der Waals surface area contributed by atoms with E-state index in [0.29, 0.717) is 36.3 Å². The van der Waals surface area contributed by atoms with Crippen LogP contribution in [-0.2, 0) is 11.2 Å². The van der Waals surface area contributed by atoms with Crippen LogP contribution in [0.2, 0.25) is 5.02 Å². The summed E-state index contributed by atoms with van der Waals surface area (Å²) in [7, 11) is 0. The molecule has 2 aromatic rings. The molecule has 0 saturated heterocycles. The summed E-state index contributed by atoms with van der Waals surface area (Å²) in [6.07, 6.45) is 4.05. The van der Waals surface area contributed by atoms with E-state index in [9.17, 15) is 4.79 Å². The zero-order chi connectivity index (χ0) is 16.1. The zero-order valence-electron chi connectivity index (χ0n) is 12.4. The van der Waals surface area contributed by atoms with Crippen LogP contribution in [-0.4, -0.2) is 25.7 Å². The van der Waals surface area contributed by atoms with Gasteiger partial charge in [-0.25, -0.2) is 0 Å². The molecule has 1 aliphatic rings. The minimum Gasteiger partial charge on any atom is -0.486 e. The zero-order valence-corrected chi connectivity index (χ0v) is 14.0. The van der Waals surface area contributed by atoms with Crippen molar-refractivity contribution in [1.82, 2.24) is 5.32 Å². The fourth-order valence-corrected chi connectivity index (χ4v) is 3.20. The lowest BCUT2D eigenvalue weighted by Crippen LogP contribution is -2.23. The van der Waals surface area contributed by atoms with E-state index < -0.39 is 0 Å². The molecule has 0 fully saturated rings. The second kappa shape index (κ2) is 7.53. The number of carbonyl (C=O) groups excluding carboxylic acids is 1. The molecule has 0 radical (unpaired) electrons. The smallest absolute Gasteiger partial charge is 0.244 e. The molecule has 0 saturated carbocycles. The number of halogens is 1. The number of hydrogen-bond donors (Lipinski definition) is 1. The van der Waals surface area contributed by atoms with Gasteiger partial charge in [0.25, 0.3) is 0 Å². The molecule has 23 heavy (non-hydrogen) atoms. The minimum atomic E-state index is -0.132. The Morgan fingerprint density at radius 1 is 1.35 bits per heavy atom. The van der Waals surface area contributed by atoms with Crippen LogP contribution in [0.5, 0.6) is 11.5 Å². The maximum atomic E-state index is 11.8. The normalized spacial score (nSPS) is 13.3. The average Bonchev–Trinajstić information content (AvgIpc) is 3.06. The number of ether oxygens (including phenoxy) is 2. The van der Waals surface area contributed by atoms with Crippen molar-refractivity contribution in [2.24, 2.45) is 0 Å². The highest BCUT2D eigenvalue weighted by Gasteiger charge is 2.15. The second-order valence-corrected chi connectivity index (χ2v) is 6.42. The van der Waals surface area contributed by atoms with Gasteiger partial charge in [-0.15, -0.1) is 11.3 Å². The van der Waals surface area contributed by atoms with Crippen molar-refractivity contribution >= 4 is 34.9 Å². The average molecular weight is 350 g/mol. The van der Waals surface area contributed by atoms with Crippen molar-refractivity contribution in [3.05, 3.63) is 51.2 Å². The van der Waals surface area contributed by atoms with Crippen molar-refractivity contribution in [3.63, 3.8) is 0 Å². The SMILES string of the molecule is O=C(C=Cc1cc(Cl)c2c(c1)OCCO2)NCCc1cccs1. The lowest BCUT2D eigenvalue weighted by molar-refractivity contribution is -0.116. The van der Waals surface area contributed by atoms with Gasteiger partial charge >= 0.3 is 0 Å². The standard InChI is InChI=1S/C17H16ClNO3S/c18-14-10-12(11-15-17(14)22-8-7-21-15)3-4-16(20)19-6-5-13-2-1-9-23-13/h1-4,9-11H,5-8H2,(H,19,20). The van der Waals surface area contributed by atoms with Crippen molar-refractivity contribution in [1.29, 1.82) is 0 Å². The largest absolute Gasteiger partial charge is 0.486 e. The Kier molecular flexibility index (Phi) is 5.20. The molecular weight excluding hydrogens is 334 g/mol. The summed E-state index contributed by atoms with van der Waals surface area (Å²) in [5.74, 6) is 1.05. The van der Waals surface area contributed by atoms with Crippen molar-refractivity contribution in [3.8, 4) is 11.5 Å². The molecule has 1 aromatic heterocycles. The summed E-state index contributed by atoms with van der Waals surface area (Å²) in [6.45, 7) is 1.61. The summed E-state index contributed by atoms with van der Waals surface area (Å²) in [5.41, 5.74) is 0.799. The second-order valence-electron chi connectivity index (χ2n) is 4.98. The molecule has 0 atom stereocenters. The molecule has 0 spiro atoms. The first kappa shape index (κ1) is 15.9. The van der Waals surface area contributed by atoms with Crippen LogP contribution in [0.3, 0.4) is 0 Å². The Morgan fingerprint density at radius 2 is 2.22 bits per heavy atom. The van der Waals surface area contributed by atoms with Gasteiger partial charge in [-0.2, -0.15) is 0 Å². The number of benzene rings is 1. The van der Waals surface area contributed by atoms with E-state index >= 15 is 0 Å². The molecule has 1 N–H and O–H groups in total. The third kappa shape index (κ3) is 4.27. The van der Waals surface area contributed by atoms with E-state index in [2.05, 4.69) is 11.4 Å². The van der Waals surface area contributed by atoms with Crippen molar-refractivity contribution < 1.29 is 14.3 Å². The molecule has 0 aliphatic carbocycles. The fourth-order valence-electron chi connectivity index (χ4n) is 2.22. The van der Waals surface area contributed by atoms with E-state index in [1.54, 1.807) is 23.5 Å². The predicted octanol–water partition coefficient (Wildman–Crippen LogP) is 3.54. The van der Waals surface area contributed by atoms with Gasteiger partial charge in [0.2, 0.25) is 5.91 Å². The Labute approximate surface area is 143 Å². The fraction of sp³-hybridized carbons (Fsp3) is 0.235. The van der Waals surface area contributed by atoms with Crippen LogP contribution in [0.4, 0.5) is 0 Å². The van der Waals surface area contributed by atoms with E-state index in [0.717, 1.165) is 12.0 Å². The Morgan fingerprint density at radius 3 is 3.04 bits per heavy atom. The summed E-state index contributed by atoms with van der Waals surface area (Å²) in [4.78, 5) is 13.1. The highest BCUT2D eigenvalue weighted by atomic mass is 35.5. The molecular formula is C17H16ClNO3S. The van der Waals surface area contributed by atoms with Gasteiger partial charge in [-0.05, 0) is 41.6 Å². The van der Waals surface area contributed by atoms with E-state index in [-0.39, 0.29) is 5.91 Å². The number of fused-ring (bicyclic) bond motifs is 1. The van der Waals surface area contributed by atoms with Crippen LogP contribution < -0.4 is 14.8 Å². The van der Waals surface area contributed by atoms with Gasteiger partial charge in [0.1, 0.15) is 13.2 Å². The monoisotopic (exact) mass is 349 g/mol. The van der Waals surface area contributed by atoms with Crippen LogP contribution in [0, 0.1) is 0 Å². The summed E-state index contributed by atoms with van der Waals surface area (Å²) < 4.78 is 11.0. The molecule has 1 aromatic carbocycles. The molecule has 1 aliphatic heterocycles. The van der Waals surface area contributed by atoms with Gasteiger partial charge in [0, 0.05) is 17.5 Å². The molecule has 6 heteroatoms. The lowest BCUT2D eigenvalue weighted by atomic mass is 10.1. The molecule has 0 bridgehead atoms. The molecule has 4 nitrogen and oxygen atoms in total. The third-order valence-corrected chi connectivity index (χ3v) is 4.51. The molecule has 1 amide bonds. The summed E-state index contributed by atoms with van der Waals surface area (Å²) in [6, 6.07) is 7.64. The first-order chi connectivity index (χ1) is 11.2. The quantitative estimate of drug-likeness (QED) is 0.840. The van der Waals surface area contributed by atoms with Crippen LogP contribution in [0.15, 0.2) is 35.7 Å². The van der Waals surface area contributed by atoms with Gasteiger partial charge in [0.05, 0.1) is 5.02 Å². The number of thiophene rings is 1. The minimum absolute atomic E-state index is 0.132. The maximum Gasteiger partial charge on any atom is 0.244 e. The number of rotatable bonds is 5. The van der Waals surface area contributed by atoms with E-state index in [1.165, 1.54) is 11.0 Å².